The molecule has 1 aromatic rings. The molecule has 0 bridgehead atoms. The van der Waals surface area contributed by atoms with Gasteiger partial charge in [0.05, 0.1) is 6.61 Å². The topological polar surface area (TPSA) is 46.6 Å². The Morgan fingerprint density at radius 3 is 2.73 bits per heavy atom. The van der Waals surface area contributed by atoms with Gasteiger partial charge in [0.15, 0.2) is 0 Å². The maximum atomic E-state index is 12.5. The molecule has 4 nitrogen and oxygen atoms in total. The quantitative estimate of drug-likeness (QED) is 0.620. The summed E-state index contributed by atoms with van der Waals surface area (Å²) in [6, 6.07) is 9.29. The van der Waals surface area contributed by atoms with Gasteiger partial charge < -0.3 is 9.64 Å². The Balaban J connectivity index is 1.98. The second-order valence-corrected chi connectivity index (χ2v) is 5.57. The van der Waals surface area contributed by atoms with Gasteiger partial charge in [-0.2, -0.15) is 0 Å². The van der Waals surface area contributed by atoms with Crippen molar-refractivity contribution in [2.45, 2.75) is 19.8 Å². The molecule has 0 N–H and O–H groups in total. The molecule has 0 aromatic heterocycles. The number of nitrogens with zero attached hydrogens (tertiary/aromatic N) is 1. The van der Waals surface area contributed by atoms with Gasteiger partial charge in [-0.15, -0.1) is 6.58 Å². The molecular weight excluding hydrogens is 278 g/mol. The zero-order valence-corrected chi connectivity index (χ0v) is 13.0. The SMILES string of the molecule is C=C[C@H]1CN(C(=O)c2ccccc2)CC[C@H]1CC(=O)OCC. The minimum Gasteiger partial charge on any atom is -0.466 e. The van der Waals surface area contributed by atoms with Crippen molar-refractivity contribution in [3.8, 4) is 0 Å². The maximum absolute atomic E-state index is 12.5. The lowest BCUT2D eigenvalue weighted by atomic mass is 9.83. The molecule has 0 radical (unpaired) electrons. The van der Waals surface area contributed by atoms with E-state index in [1.165, 1.54) is 0 Å². The van der Waals surface area contributed by atoms with Gasteiger partial charge in [-0.25, -0.2) is 0 Å². The molecule has 0 unspecified atom stereocenters. The number of carbonyl (C=O) groups is 2. The standard InChI is InChI=1S/C18H23NO3/c1-3-14-13-19(18(21)15-8-6-5-7-9-15)11-10-16(14)12-17(20)22-4-2/h3,5-9,14,16H,1,4,10-13H2,2H3/t14-,16-/m0/s1. The van der Waals surface area contributed by atoms with Crippen molar-refractivity contribution in [3.63, 3.8) is 0 Å². The Bertz CT molecular complexity index is 526. The van der Waals surface area contributed by atoms with E-state index in [4.69, 9.17) is 4.74 Å². The number of hydrogen-bond donors (Lipinski definition) is 0. The fourth-order valence-corrected chi connectivity index (χ4v) is 2.93. The van der Waals surface area contributed by atoms with E-state index in [0.29, 0.717) is 31.7 Å². The fourth-order valence-electron chi connectivity index (χ4n) is 2.93. The molecule has 1 heterocycles. The molecule has 22 heavy (non-hydrogen) atoms. The first-order valence-electron chi connectivity index (χ1n) is 7.78. The van der Waals surface area contributed by atoms with Crippen LogP contribution >= 0.6 is 0 Å². The lowest BCUT2D eigenvalue weighted by Crippen LogP contribution is -2.43. The highest BCUT2D eigenvalue weighted by atomic mass is 16.5. The predicted octanol–water partition coefficient (Wildman–Crippen LogP) is 2.90. The largest absolute Gasteiger partial charge is 0.466 e. The third kappa shape index (κ3) is 3.97. The van der Waals surface area contributed by atoms with E-state index in [1.54, 1.807) is 0 Å². The van der Waals surface area contributed by atoms with Gasteiger partial charge in [-0.3, -0.25) is 9.59 Å². The van der Waals surface area contributed by atoms with Crippen LogP contribution in [0.1, 0.15) is 30.1 Å². The molecule has 1 fully saturated rings. The number of hydrogen-bond acceptors (Lipinski definition) is 3. The molecule has 1 aliphatic rings. The number of amides is 1. The molecule has 2 rings (SSSR count). The van der Waals surface area contributed by atoms with E-state index >= 15 is 0 Å². The van der Waals surface area contributed by atoms with Crippen molar-refractivity contribution >= 4 is 11.9 Å². The van der Waals surface area contributed by atoms with Crippen molar-refractivity contribution in [3.05, 3.63) is 48.6 Å². The van der Waals surface area contributed by atoms with Gasteiger partial charge in [-0.05, 0) is 37.3 Å². The molecule has 1 aromatic carbocycles. The van der Waals surface area contributed by atoms with Crippen LogP contribution in [0.25, 0.3) is 0 Å². The van der Waals surface area contributed by atoms with E-state index in [0.717, 1.165) is 6.42 Å². The van der Waals surface area contributed by atoms with Crippen LogP contribution in [0.2, 0.25) is 0 Å². The van der Waals surface area contributed by atoms with E-state index < -0.39 is 0 Å². The van der Waals surface area contributed by atoms with Crippen molar-refractivity contribution in [1.29, 1.82) is 0 Å². The lowest BCUT2D eigenvalue weighted by Gasteiger charge is -2.37. The predicted molar refractivity (Wildman–Crippen MR) is 85.4 cm³/mol. The minimum atomic E-state index is -0.165. The third-order valence-corrected chi connectivity index (χ3v) is 4.15. The van der Waals surface area contributed by atoms with Crippen molar-refractivity contribution in [2.75, 3.05) is 19.7 Å². The molecule has 1 saturated heterocycles. The van der Waals surface area contributed by atoms with Gasteiger partial charge in [-0.1, -0.05) is 24.3 Å². The summed E-state index contributed by atoms with van der Waals surface area (Å²) in [6.07, 6.45) is 3.06. The summed E-state index contributed by atoms with van der Waals surface area (Å²) in [5, 5.41) is 0. The lowest BCUT2D eigenvalue weighted by molar-refractivity contribution is -0.144. The number of piperidine rings is 1. The number of benzene rings is 1. The highest BCUT2D eigenvalue weighted by molar-refractivity contribution is 5.94. The summed E-state index contributed by atoms with van der Waals surface area (Å²) < 4.78 is 5.03. The molecule has 118 valence electrons. The summed E-state index contributed by atoms with van der Waals surface area (Å²) >= 11 is 0. The summed E-state index contributed by atoms with van der Waals surface area (Å²) in [6.45, 7) is 7.36. The average Bonchev–Trinajstić information content (AvgIpc) is 2.55. The highest BCUT2D eigenvalue weighted by Crippen LogP contribution is 2.28. The Labute approximate surface area is 131 Å². The van der Waals surface area contributed by atoms with Gasteiger partial charge in [0.1, 0.15) is 0 Å². The summed E-state index contributed by atoms with van der Waals surface area (Å²) in [5.74, 6) is 0.214. The van der Waals surface area contributed by atoms with Gasteiger partial charge in [0, 0.05) is 25.1 Å². The van der Waals surface area contributed by atoms with Crippen LogP contribution in [0.3, 0.4) is 0 Å². The first-order valence-corrected chi connectivity index (χ1v) is 7.78. The van der Waals surface area contributed by atoms with E-state index in [1.807, 2.05) is 48.2 Å². The van der Waals surface area contributed by atoms with Gasteiger partial charge in [0.2, 0.25) is 0 Å². The normalized spacial score (nSPS) is 21.2. The molecule has 2 atom stereocenters. The van der Waals surface area contributed by atoms with E-state index in [2.05, 4.69) is 6.58 Å². The zero-order valence-electron chi connectivity index (χ0n) is 13.0. The number of rotatable bonds is 5. The Morgan fingerprint density at radius 1 is 1.36 bits per heavy atom. The van der Waals surface area contributed by atoms with Crippen LogP contribution in [0.15, 0.2) is 43.0 Å². The zero-order chi connectivity index (χ0) is 15.9. The summed E-state index contributed by atoms with van der Waals surface area (Å²) in [5.41, 5.74) is 0.703. The number of carbonyl (C=O) groups excluding carboxylic acids is 2. The van der Waals surface area contributed by atoms with Crippen molar-refractivity contribution in [1.82, 2.24) is 4.90 Å². The van der Waals surface area contributed by atoms with Crippen LogP contribution in [-0.2, 0) is 9.53 Å². The molecule has 1 amide bonds. The Hall–Kier alpha value is -2.10. The van der Waals surface area contributed by atoms with Crippen LogP contribution in [0.5, 0.6) is 0 Å². The molecule has 0 spiro atoms. The Morgan fingerprint density at radius 2 is 2.09 bits per heavy atom. The monoisotopic (exact) mass is 301 g/mol. The summed E-state index contributed by atoms with van der Waals surface area (Å²) in [4.78, 5) is 26.0. The van der Waals surface area contributed by atoms with Gasteiger partial charge in [0.25, 0.3) is 5.91 Å². The third-order valence-electron chi connectivity index (χ3n) is 4.15. The number of esters is 1. The maximum Gasteiger partial charge on any atom is 0.306 e. The molecule has 0 aliphatic carbocycles. The fraction of sp³-hybridized carbons (Fsp3) is 0.444. The van der Waals surface area contributed by atoms with Crippen molar-refractivity contribution in [2.24, 2.45) is 11.8 Å². The minimum absolute atomic E-state index is 0.0436. The van der Waals surface area contributed by atoms with Crippen LogP contribution in [-0.4, -0.2) is 36.5 Å². The first kappa shape index (κ1) is 16.3. The highest BCUT2D eigenvalue weighted by Gasteiger charge is 2.31. The number of likely N-dealkylation sites (tertiary alicyclic amines) is 1. The van der Waals surface area contributed by atoms with Crippen LogP contribution < -0.4 is 0 Å². The second kappa shape index (κ2) is 7.78. The van der Waals surface area contributed by atoms with E-state index in [9.17, 15) is 9.59 Å². The van der Waals surface area contributed by atoms with Crippen molar-refractivity contribution < 1.29 is 14.3 Å². The second-order valence-electron chi connectivity index (χ2n) is 5.57. The van der Waals surface area contributed by atoms with Gasteiger partial charge >= 0.3 is 5.97 Å². The van der Waals surface area contributed by atoms with E-state index in [-0.39, 0.29) is 23.7 Å². The molecule has 1 aliphatic heterocycles. The Kier molecular flexibility index (Phi) is 5.75. The first-order chi connectivity index (χ1) is 10.7. The smallest absolute Gasteiger partial charge is 0.306 e. The molecule has 4 heteroatoms. The average molecular weight is 301 g/mol. The molecular formula is C18H23NO3. The number of ether oxygens (including phenoxy) is 1. The summed E-state index contributed by atoms with van der Waals surface area (Å²) in [7, 11) is 0. The van der Waals surface area contributed by atoms with Crippen LogP contribution in [0.4, 0.5) is 0 Å². The van der Waals surface area contributed by atoms with Crippen LogP contribution in [0, 0.1) is 11.8 Å². The molecule has 0 saturated carbocycles.